The summed E-state index contributed by atoms with van der Waals surface area (Å²) in [6.45, 7) is 12.7. The van der Waals surface area contributed by atoms with Crippen LogP contribution in [0.5, 0.6) is 5.75 Å². The molecule has 20 heavy (non-hydrogen) atoms. The lowest BCUT2D eigenvalue weighted by atomic mass is 10.1. The van der Waals surface area contributed by atoms with Gasteiger partial charge in [0.1, 0.15) is 12.4 Å². The molecule has 0 saturated heterocycles. The van der Waals surface area contributed by atoms with E-state index in [0.717, 1.165) is 18.7 Å². The van der Waals surface area contributed by atoms with Gasteiger partial charge in [-0.1, -0.05) is 19.1 Å². The summed E-state index contributed by atoms with van der Waals surface area (Å²) in [6.07, 6.45) is 1.04. The van der Waals surface area contributed by atoms with Crippen molar-refractivity contribution in [2.24, 2.45) is 0 Å². The molecular formula is C17H29NO2. The van der Waals surface area contributed by atoms with Crippen molar-refractivity contribution in [3.63, 3.8) is 0 Å². The summed E-state index contributed by atoms with van der Waals surface area (Å²) >= 11 is 0. The van der Waals surface area contributed by atoms with E-state index in [0.29, 0.717) is 19.3 Å². The first kappa shape index (κ1) is 17.0. The Morgan fingerprint density at radius 3 is 2.30 bits per heavy atom. The quantitative estimate of drug-likeness (QED) is 0.740. The molecule has 0 aliphatic rings. The summed E-state index contributed by atoms with van der Waals surface area (Å²) in [5, 5.41) is 3.42. The molecule has 0 fully saturated rings. The second-order valence-corrected chi connectivity index (χ2v) is 6.12. The van der Waals surface area contributed by atoms with E-state index in [2.05, 4.69) is 31.3 Å². The summed E-state index contributed by atoms with van der Waals surface area (Å²) in [6, 6.07) is 8.84. The lowest BCUT2D eigenvalue weighted by Gasteiger charge is -2.19. The van der Waals surface area contributed by atoms with Crippen LogP contribution in [0.15, 0.2) is 24.3 Å². The third-order valence-corrected chi connectivity index (χ3v) is 2.90. The van der Waals surface area contributed by atoms with Crippen molar-refractivity contribution in [3.8, 4) is 5.75 Å². The third-order valence-electron chi connectivity index (χ3n) is 2.90. The molecule has 0 spiro atoms. The Labute approximate surface area is 123 Å². The van der Waals surface area contributed by atoms with E-state index in [9.17, 15) is 0 Å². The largest absolute Gasteiger partial charge is 0.491 e. The van der Waals surface area contributed by atoms with Crippen molar-refractivity contribution in [2.75, 3.05) is 19.8 Å². The van der Waals surface area contributed by atoms with Crippen LogP contribution >= 0.6 is 0 Å². The minimum atomic E-state index is -0.102. The van der Waals surface area contributed by atoms with Crippen LogP contribution in [0.3, 0.4) is 0 Å². The summed E-state index contributed by atoms with van der Waals surface area (Å²) in [5.74, 6) is 0.905. The van der Waals surface area contributed by atoms with Crippen molar-refractivity contribution in [1.82, 2.24) is 5.32 Å². The minimum Gasteiger partial charge on any atom is -0.491 e. The summed E-state index contributed by atoms with van der Waals surface area (Å²) < 4.78 is 11.3. The molecule has 3 nitrogen and oxygen atoms in total. The van der Waals surface area contributed by atoms with Gasteiger partial charge in [-0.15, -0.1) is 0 Å². The average molecular weight is 279 g/mol. The van der Waals surface area contributed by atoms with Gasteiger partial charge < -0.3 is 14.8 Å². The monoisotopic (exact) mass is 279 g/mol. The minimum absolute atomic E-state index is 0.102. The molecule has 3 heteroatoms. The number of hydrogen-bond donors (Lipinski definition) is 1. The van der Waals surface area contributed by atoms with E-state index in [1.165, 1.54) is 5.56 Å². The van der Waals surface area contributed by atoms with Crippen molar-refractivity contribution in [1.29, 1.82) is 0 Å². The molecule has 0 saturated carbocycles. The van der Waals surface area contributed by atoms with Gasteiger partial charge in [-0.05, 0) is 58.4 Å². The van der Waals surface area contributed by atoms with Gasteiger partial charge in [0.05, 0.1) is 12.2 Å². The molecule has 0 bridgehead atoms. The second-order valence-electron chi connectivity index (χ2n) is 6.12. The van der Waals surface area contributed by atoms with Gasteiger partial charge >= 0.3 is 0 Å². The summed E-state index contributed by atoms with van der Waals surface area (Å²) in [5.41, 5.74) is 1.23. The lowest BCUT2D eigenvalue weighted by molar-refractivity contribution is -0.0163. The zero-order valence-electron chi connectivity index (χ0n) is 13.5. The van der Waals surface area contributed by atoms with Crippen molar-refractivity contribution in [2.45, 2.75) is 52.7 Å². The molecule has 0 amide bonds. The standard InChI is InChI=1S/C17H29NO2/c1-6-18-14(2)13-15-7-9-16(10-8-15)19-11-12-20-17(3,4)5/h7-10,14,18H,6,11-13H2,1-5H3. The van der Waals surface area contributed by atoms with E-state index in [1.54, 1.807) is 0 Å². The Hall–Kier alpha value is -1.06. The molecular weight excluding hydrogens is 250 g/mol. The normalized spacial score (nSPS) is 13.2. The van der Waals surface area contributed by atoms with Crippen LogP contribution in [0, 0.1) is 0 Å². The summed E-state index contributed by atoms with van der Waals surface area (Å²) in [4.78, 5) is 0. The highest BCUT2D eigenvalue weighted by Crippen LogP contribution is 2.14. The SMILES string of the molecule is CCNC(C)Cc1ccc(OCCOC(C)(C)C)cc1. The zero-order valence-corrected chi connectivity index (χ0v) is 13.5. The number of likely N-dealkylation sites (N-methyl/N-ethyl adjacent to an activating group) is 1. The van der Waals surface area contributed by atoms with Gasteiger partial charge in [-0.3, -0.25) is 0 Å². The number of rotatable bonds is 8. The fraction of sp³-hybridized carbons (Fsp3) is 0.647. The highest BCUT2D eigenvalue weighted by Gasteiger charge is 2.09. The zero-order chi connectivity index (χ0) is 15.0. The molecule has 1 atom stereocenters. The van der Waals surface area contributed by atoms with Gasteiger partial charge in [0.25, 0.3) is 0 Å². The molecule has 1 aromatic carbocycles. The maximum atomic E-state index is 5.67. The van der Waals surface area contributed by atoms with Crippen LogP contribution in [0.2, 0.25) is 0 Å². The van der Waals surface area contributed by atoms with E-state index in [4.69, 9.17) is 9.47 Å². The van der Waals surface area contributed by atoms with Gasteiger partial charge in [-0.25, -0.2) is 0 Å². The maximum absolute atomic E-state index is 5.67. The Bertz CT molecular complexity index is 368. The van der Waals surface area contributed by atoms with Crippen LogP contribution in [0.25, 0.3) is 0 Å². The Balaban J connectivity index is 2.31. The molecule has 1 unspecified atom stereocenters. The first-order valence-corrected chi connectivity index (χ1v) is 7.50. The fourth-order valence-corrected chi connectivity index (χ4v) is 2.00. The predicted octanol–water partition coefficient (Wildman–Crippen LogP) is 3.42. The van der Waals surface area contributed by atoms with E-state index in [1.807, 2.05) is 32.9 Å². The van der Waals surface area contributed by atoms with Crippen molar-refractivity contribution in [3.05, 3.63) is 29.8 Å². The summed E-state index contributed by atoms with van der Waals surface area (Å²) in [7, 11) is 0. The molecule has 0 aliphatic heterocycles. The molecule has 0 heterocycles. The van der Waals surface area contributed by atoms with E-state index in [-0.39, 0.29) is 5.60 Å². The van der Waals surface area contributed by atoms with Crippen LogP contribution in [0.1, 0.15) is 40.2 Å². The lowest BCUT2D eigenvalue weighted by Crippen LogP contribution is -2.27. The average Bonchev–Trinajstić information content (AvgIpc) is 2.36. The molecule has 0 aromatic heterocycles. The van der Waals surface area contributed by atoms with Gasteiger partial charge in [-0.2, -0.15) is 0 Å². The van der Waals surface area contributed by atoms with Crippen LogP contribution < -0.4 is 10.1 Å². The Morgan fingerprint density at radius 2 is 1.75 bits per heavy atom. The first-order valence-electron chi connectivity index (χ1n) is 7.50. The smallest absolute Gasteiger partial charge is 0.119 e. The number of ether oxygens (including phenoxy) is 2. The van der Waals surface area contributed by atoms with Gasteiger partial charge in [0.2, 0.25) is 0 Å². The second kappa shape index (κ2) is 8.28. The molecule has 114 valence electrons. The van der Waals surface area contributed by atoms with Crippen LogP contribution in [-0.4, -0.2) is 31.4 Å². The Morgan fingerprint density at radius 1 is 1.10 bits per heavy atom. The molecule has 1 rings (SSSR count). The van der Waals surface area contributed by atoms with Crippen LogP contribution in [0.4, 0.5) is 0 Å². The van der Waals surface area contributed by atoms with Gasteiger partial charge in [0, 0.05) is 6.04 Å². The topological polar surface area (TPSA) is 30.5 Å². The molecule has 0 aliphatic carbocycles. The van der Waals surface area contributed by atoms with Crippen molar-refractivity contribution >= 4 is 0 Å². The van der Waals surface area contributed by atoms with Gasteiger partial charge in [0.15, 0.2) is 0 Å². The first-order chi connectivity index (χ1) is 9.40. The van der Waals surface area contributed by atoms with Crippen LogP contribution in [-0.2, 0) is 11.2 Å². The molecule has 0 radical (unpaired) electrons. The van der Waals surface area contributed by atoms with E-state index >= 15 is 0 Å². The number of nitrogens with one attached hydrogen (secondary N) is 1. The molecule has 1 N–H and O–H groups in total. The fourth-order valence-electron chi connectivity index (χ4n) is 2.00. The number of hydrogen-bond acceptors (Lipinski definition) is 3. The maximum Gasteiger partial charge on any atom is 0.119 e. The van der Waals surface area contributed by atoms with E-state index < -0.39 is 0 Å². The van der Waals surface area contributed by atoms with Crippen molar-refractivity contribution < 1.29 is 9.47 Å². The number of benzene rings is 1. The Kier molecular flexibility index (Phi) is 7.03. The highest BCUT2D eigenvalue weighted by molar-refractivity contribution is 5.27. The molecule has 1 aromatic rings. The third kappa shape index (κ3) is 7.51. The highest BCUT2D eigenvalue weighted by atomic mass is 16.5. The predicted molar refractivity (Wildman–Crippen MR) is 84.5 cm³/mol.